The molecule has 0 spiro atoms. The van der Waals surface area contributed by atoms with E-state index >= 15 is 0 Å². The van der Waals surface area contributed by atoms with Gasteiger partial charge in [0.2, 0.25) is 5.36 Å². The molecule has 0 saturated heterocycles. The molecule has 214 valence electrons. The van der Waals surface area contributed by atoms with Gasteiger partial charge in [0, 0.05) is 58.7 Å². The van der Waals surface area contributed by atoms with E-state index in [1.54, 1.807) is 22.7 Å². The molecule has 2 aliphatic carbocycles. The van der Waals surface area contributed by atoms with Gasteiger partial charge in [-0.15, -0.1) is 35.1 Å². The Hall–Kier alpha value is -3.30. The second kappa shape index (κ2) is 13.6. The number of nitrogens with zero attached hydrogens (tertiary/aromatic N) is 6. The zero-order valence-electron chi connectivity index (χ0n) is 24.2. The summed E-state index contributed by atoms with van der Waals surface area (Å²) in [7, 11) is 14.1. The molecule has 0 fully saturated rings. The number of hydrogen-bond donors (Lipinski definition) is 0. The Morgan fingerprint density at radius 1 is 0.659 bits per heavy atom. The van der Waals surface area contributed by atoms with Gasteiger partial charge in [-0.05, 0) is 60.7 Å². The first-order chi connectivity index (χ1) is 18.7. The van der Waals surface area contributed by atoms with Crippen LogP contribution in [-0.4, -0.2) is 59.3 Å². The van der Waals surface area contributed by atoms with Crippen LogP contribution in [0.5, 0.6) is 0 Å². The molecule has 0 amide bonds. The summed E-state index contributed by atoms with van der Waals surface area (Å²) in [4.78, 5) is 20.3. The molecule has 2 aromatic carbocycles. The Kier molecular flexibility index (Phi) is 10.7. The van der Waals surface area contributed by atoms with Crippen LogP contribution >= 0.6 is 35.1 Å². The summed E-state index contributed by atoms with van der Waals surface area (Å²) < 4.78 is 4.54. The quantitative estimate of drug-likeness (QED) is 0.220. The van der Waals surface area contributed by atoms with E-state index in [9.17, 15) is 0 Å². The largest absolute Gasteiger partial charge is 1.00 e. The summed E-state index contributed by atoms with van der Waals surface area (Å²) in [5.74, 6) is 0. The molecule has 6 nitrogen and oxygen atoms in total. The summed E-state index contributed by atoms with van der Waals surface area (Å²) in [6.07, 6.45) is 0. The van der Waals surface area contributed by atoms with Crippen LogP contribution in [0, 0.1) is 0 Å². The van der Waals surface area contributed by atoms with Gasteiger partial charge in [-0.1, -0.05) is 0 Å². The van der Waals surface area contributed by atoms with Gasteiger partial charge in [0.15, 0.2) is 0 Å². The molecule has 0 saturated carbocycles. The molecular formula is C31H34Cl2N6S2. The van der Waals surface area contributed by atoms with E-state index in [1.165, 1.54) is 35.9 Å². The van der Waals surface area contributed by atoms with Crippen LogP contribution in [-0.2, 0) is 0 Å². The van der Waals surface area contributed by atoms with Crippen molar-refractivity contribution >= 4 is 66.9 Å². The Morgan fingerprint density at radius 2 is 1.15 bits per heavy atom. The summed E-state index contributed by atoms with van der Waals surface area (Å²) in [5, 5.41) is 2.20. The maximum Gasteiger partial charge on any atom is 0.201 e. The zero-order valence-corrected chi connectivity index (χ0v) is 27.4. The Labute approximate surface area is 261 Å². The van der Waals surface area contributed by atoms with E-state index in [4.69, 9.17) is 9.97 Å². The molecule has 6 rings (SSSR count). The van der Waals surface area contributed by atoms with Crippen LogP contribution in [0.1, 0.15) is 0 Å². The van der Waals surface area contributed by atoms with Gasteiger partial charge in [0.05, 0.1) is 46.9 Å². The maximum atomic E-state index is 4.75. The smallest absolute Gasteiger partial charge is 0.201 e. The minimum Gasteiger partial charge on any atom is -1.00 e. The highest BCUT2D eigenvalue weighted by atomic mass is 35.5. The van der Waals surface area contributed by atoms with Crippen molar-refractivity contribution in [3.05, 3.63) is 83.5 Å². The van der Waals surface area contributed by atoms with E-state index in [1.807, 2.05) is 33.3 Å². The predicted octanol–water partition coefficient (Wildman–Crippen LogP) is 2.92. The lowest BCUT2D eigenvalue weighted by atomic mass is 10.2. The van der Waals surface area contributed by atoms with Gasteiger partial charge in [-0.3, -0.25) is 4.99 Å². The van der Waals surface area contributed by atoms with E-state index in [-0.39, 0.29) is 24.8 Å². The second-order valence-electron chi connectivity index (χ2n) is 9.94. The molecule has 0 radical (unpaired) electrons. The van der Waals surface area contributed by atoms with E-state index in [2.05, 4.69) is 108 Å². The van der Waals surface area contributed by atoms with Crippen molar-refractivity contribution < 1.29 is 12.4 Å². The first-order valence-corrected chi connectivity index (χ1v) is 14.3. The van der Waals surface area contributed by atoms with Gasteiger partial charge >= 0.3 is 0 Å². The third-order valence-electron chi connectivity index (χ3n) is 6.50. The maximum absolute atomic E-state index is 4.75. The second-order valence-corrected chi connectivity index (χ2v) is 12.1. The summed E-state index contributed by atoms with van der Waals surface area (Å²) in [5.41, 5.74) is 6.60. The Bertz CT molecular complexity index is 1870. The van der Waals surface area contributed by atoms with Crippen LogP contribution in [0.15, 0.2) is 77.8 Å². The normalized spacial score (nSPS) is 11.0. The number of hydrogen-bond acceptors (Lipinski definition) is 7. The molecule has 41 heavy (non-hydrogen) atoms. The number of benzene rings is 4. The topological polar surface area (TPSA) is 47.6 Å². The van der Waals surface area contributed by atoms with Crippen LogP contribution in [0.2, 0.25) is 0 Å². The number of fused-ring (bicyclic) bond motifs is 4. The zero-order chi connectivity index (χ0) is 27.7. The number of halogens is 2. The highest BCUT2D eigenvalue weighted by Crippen LogP contribution is 2.32. The first kappa shape index (κ1) is 32.2. The van der Waals surface area contributed by atoms with Gasteiger partial charge in [0.25, 0.3) is 0 Å². The van der Waals surface area contributed by atoms with Crippen molar-refractivity contribution in [3.8, 4) is 21.1 Å². The Morgan fingerprint density at radius 3 is 1.61 bits per heavy atom. The summed E-state index contributed by atoms with van der Waals surface area (Å²) in [6.45, 7) is 0. The molecule has 2 aromatic rings. The third-order valence-corrected chi connectivity index (χ3v) is 8.69. The molecule has 2 heterocycles. The molecular weight excluding hydrogens is 591 g/mol. The number of aromatic nitrogens is 2. The SMILES string of the molecule is CN(C)c1ccc2nc3ccc(=[N+](C)C)cc-3sc2c1.CN=c1ccc2nc3ccc(N(C)C)cc3sc-2c1.Cl.[Cl-]. The van der Waals surface area contributed by atoms with E-state index in [0.717, 1.165) is 27.8 Å². The fraction of sp³-hybridized carbons (Fsp3) is 0.226. The average Bonchev–Trinajstić information content (AvgIpc) is 2.93. The fourth-order valence-electron chi connectivity index (χ4n) is 4.18. The van der Waals surface area contributed by atoms with Crippen molar-refractivity contribution in [2.24, 2.45) is 4.99 Å². The summed E-state index contributed by atoms with van der Waals surface area (Å²) >= 11 is 3.56. The lowest BCUT2D eigenvalue weighted by Crippen LogP contribution is -3.00. The van der Waals surface area contributed by atoms with Crippen molar-refractivity contribution in [2.45, 2.75) is 0 Å². The van der Waals surface area contributed by atoms with Crippen molar-refractivity contribution in [1.29, 1.82) is 0 Å². The van der Waals surface area contributed by atoms with Gasteiger partial charge in [-0.2, -0.15) is 0 Å². The predicted molar refractivity (Wildman–Crippen MR) is 177 cm³/mol. The van der Waals surface area contributed by atoms with Crippen LogP contribution < -0.4 is 37.5 Å². The monoisotopic (exact) mass is 624 g/mol. The molecule has 0 bridgehead atoms. The fourth-order valence-corrected chi connectivity index (χ4v) is 6.24. The van der Waals surface area contributed by atoms with E-state index < -0.39 is 0 Å². The van der Waals surface area contributed by atoms with Crippen molar-refractivity contribution in [2.75, 3.05) is 59.1 Å². The molecule has 0 unspecified atom stereocenters. The first-order valence-electron chi connectivity index (χ1n) is 12.7. The number of rotatable bonds is 2. The standard InChI is InChI=1S/C16H18N3S.C15H15N3S.2ClH/c1-18(2)11-5-7-13-15(9-11)20-16-10-12(19(3)4)6-8-14(16)17-13;1-16-10-4-6-12-14(8-10)19-15-9-11(18(2)3)5-7-13(15)17-12;;/h5-10H,1-4H3;4-9H,1-3H3;2*1H/q+1;;;/p-1. The minimum absolute atomic E-state index is 0. The Balaban J connectivity index is 0.000000215. The molecule has 10 heteroatoms. The van der Waals surface area contributed by atoms with Crippen molar-refractivity contribution in [3.63, 3.8) is 0 Å². The highest BCUT2D eigenvalue weighted by Gasteiger charge is 2.10. The summed E-state index contributed by atoms with van der Waals surface area (Å²) in [6, 6.07) is 25.3. The molecule has 0 aromatic heterocycles. The minimum atomic E-state index is 0. The lowest BCUT2D eigenvalue weighted by molar-refractivity contribution is -0.00000810. The molecule has 2 aliphatic heterocycles. The van der Waals surface area contributed by atoms with Gasteiger partial charge in [-0.25, -0.2) is 14.5 Å². The highest BCUT2D eigenvalue weighted by molar-refractivity contribution is 7.21. The van der Waals surface area contributed by atoms with Crippen molar-refractivity contribution in [1.82, 2.24) is 14.5 Å². The molecule has 0 N–H and O–H groups in total. The number of anilines is 2. The lowest BCUT2D eigenvalue weighted by Gasteiger charge is -2.13. The van der Waals surface area contributed by atoms with Gasteiger partial charge < -0.3 is 22.2 Å². The molecule has 0 atom stereocenters. The van der Waals surface area contributed by atoms with Crippen LogP contribution in [0.25, 0.3) is 41.6 Å². The average molecular weight is 626 g/mol. The van der Waals surface area contributed by atoms with E-state index in [0.29, 0.717) is 0 Å². The molecule has 4 aliphatic rings. The van der Waals surface area contributed by atoms with Crippen LogP contribution in [0.3, 0.4) is 0 Å². The van der Waals surface area contributed by atoms with Gasteiger partial charge in [0.1, 0.15) is 14.1 Å². The third kappa shape index (κ3) is 7.13. The van der Waals surface area contributed by atoms with Crippen LogP contribution in [0.4, 0.5) is 11.4 Å².